The Morgan fingerprint density at radius 1 is 1.10 bits per heavy atom. The van der Waals surface area contributed by atoms with Crippen molar-refractivity contribution in [2.45, 2.75) is 25.4 Å². The van der Waals surface area contributed by atoms with Crippen LogP contribution in [0.1, 0.15) is 24.0 Å². The molecule has 0 saturated carbocycles. The van der Waals surface area contributed by atoms with Crippen molar-refractivity contribution in [1.82, 2.24) is 5.16 Å². The number of benzene rings is 2. The van der Waals surface area contributed by atoms with E-state index >= 15 is 0 Å². The molecule has 1 aliphatic rings. The summed E-state index contributed by atoms with van der Waals surface area (Å²) in [6.07, 6.45) is 3.55. The molecule has 0 radical (unpaired) electrons. The number of hydrogen-bond donors (Lipinski definition) is 2. The van der Waals surface area contributed by atoms with Gasteiger partial charge in [-0.25, -0.2) is 0 Å². The van der Waals surface area contributed by atoms with Crippen molar-refractivity contribution in [3.05, 3.63) is 70.9 Å². The van der Waals surface area contributed by atoms with Gasteiger partial charge in [0.05, 0.1) is 19.4 Å². The Hall–Kier alpha value is -2.28. The van der Waals surface area contributed by atoms with Crippen molar-refractivity contribution in [3.8, 4) is 11.3 Å². The van der Waals surface area contributed by atoms with E-state index in [0.29, 0.717) is 42.3 Å². The van der Waals surface area contributed by atoms with Crippen molar-refractivity contribution >= 4 is 31.1 Å². The number of anilines is 1. The fraction of sp³-hybridized carbons (Fsp3) is 0.273. The Balaban J connectivity index is 1.30. The molecule has 162 valence electrons. The third-order valence-electron chi connectivity index (χ3n) is 4.87. The van der Waals surface area contributed by atoms with Crippen LogP contribution in [0.5, 0.6) is 0 Å². The van der Waals surface area contributed by atoms with Gasteiger partial charge in [-0.05, 0) is 48.4 Å². The summed E-state index contributed by atoms with van der Waals surface area (Å²) in [7, 11) is -2.81. The number of rotatable bonds is 7. The van der Waals surface area contributed by atoms with E-state index in [1.807, 2.05) is 36.4 Å². The lowest BCUT2D eigenvalue weighted by Crippen LogP contribution is -2.14. The molecule has 2 aromatic carbocycles. The molecule has 1 saturated heterocycles. The maximum atomic E-state index is 12.4. The third kappa shape index (κ3) is 5.91. The highest BCUT2D eigenvalue weighted by Crippen LogP contribution is 2.61. The van der Waals surface area contributed by atoms with Gasteiger partial charge in [0.25, 0.3) is 0 Å². The van der Waals surface area contributed by atoms with Crippen molar-refractivity contribution in [2.75, 3.05) is 18.5 Å². The zero-order chi connectivity index (χ0) is 21.7. The highest BCUT2D eigenvalue weighted by molar-refractivity contribution is 7.59. The molecule has 0 unspecified atom stereocenters. The number of aryl methyl sites for hydroxylation is 1. The van der Waals surface area contributed by atoms with E-state index in [0.717, 1.165) is 23.1 Å². The van der Waals surface area contributed by atoms with Crippen LogP contribution in [0.3, 0.4) is 0 Å². The number of carbonyl (C=O) groups excluding carboxylic acids is 1. The number of carbonyl (C=O) groups is 1. The van der Waals surface area contributed by atoms with Crippen molar-refractivity contribution in [2.24, 2.45) is 0 Å². The molecular formula is C22H23ClN2O5P+. The zero-order valence-corrected chi connectivity index (χ0v) is 18.4. The second-order valence-electron chi connectivity index (χ2n) is 7.25. The number of nitrogens with one attached hydrogen (secondary N) is 1. The molecule has 0 bridgehead atoms. The van der Waals surface area contributed by atoms with Gasteiger partial charge in [-0.1, -0.05) is 28.9 Å². The minimum absolute atomic E-state index is 0.110. The van der Waals surface area contributed by atoms with Gasteiger partial charge in [0.1, 0.15) is 0 Å². The summed E-state index contributed by atoms with van der Waals surface area (Å²) in [6, 6.07) is 14.6. The van der Waals surface area contributed by atoms with Crippen LogP contribution < -0.4 is 5.32 Å². The minimum atomic E-state index is -2.81. The third-order valence-corrected chi connectivity index (χ3v) is 7.06. The van der Waals surface area contributed by atoms with Gasteiger partial charge in [0.2, 0.25) is 5.91 Å². The van der Waals surface area contributed by atoms with Crippen LogP contribution in [0.15, 0.2) is 59.3 Å². The molecular weight excluding hydrogens is 439 g/mol. The molecule has 1 fully saturated rings. The van der Waals surface area contributed by atoms with Crippen LogP contribution in [-0.2, 0) is 26.4 Å². The maximum absolute atomic E-state index is 12.4. The number of hydrogen-bond acceptors (Lipinski definition) is 6. The standard InChI is InChI=1S/C22H22ClN2O5P/c23-19-7-4-17(5-8-19)22-18(14-24-30-22)6-11-21(26)25-20-9-2-16(3-10-20)15-31(27)28-12-1-13-29-31/h2-5,7-10,14,27H,1,6,11-13,15H2/p+1. The minimum Gasteiger partial charge on any atom is -0.356 e. The Morgan fingerprint density at radius 3 is 2.52 bits per heavy atom. The molecule has 0 spiro atoms. The normalized spacial score (nSPS) is 15.5. The van der Waals surface area contributed by atoms with Crippen LogP contribution in [0.2, 0.25) is 5.02 Å². The summed E-state index contributed by atoms with van der Waals surface area (Å²) in [5.41, 5.74) is 3.31. The van der Waals surface area contributed by atoms with E-state index in [-0.39, 0.29) is 12.3 Å². The van der Waals surface area contributed by atoms with Crippen LogP contribution in [0.4, 0.5) is 5.69 Å². The molecule has 2 heterocycles. The molecule has 1 aliphatic heterocycles. The number of aromatic nitrogens is 1. The van der Waals surface area contributed by atoms with Gasteiger partial charge in [-0.15, -0.1) is 0 Å². The first-order valence-electron chi connectivity index (χ1n) is 9.99. The van der Waals surface area contributed by atoms with Crippen molar-refractivity contribution < 1.29 is 23.3 Å². The smallest absolute Gasteiger partial charge is 0.356 e. The molecule has 7 nitrogen and oxygen atoms in total. The molecule has 1 amide bonds. The topological polar surface area (TPSA) is 93.8 Å². The quantitative estimate of drug-likeness (QED) is 0.466. The summed E-state index contributed by atoms with van der Waals surface area (Å²) < 4.78 is 16.2. The van der Waals surface area contributed by atoms with E-state index in [1.54, 1.807) is 18.3 Å². The molecule has 0 aliphatic carbocycles. The van der Waals surface area contributed by atoms with Crippen molar-refractivity contribution in [1.29, 1.82) is 0 Å². The average Bonchev–Trinajstić information content (AvgIpc) is 3.23. The predicted octanol–water partition coefficient (Wildman–Crippen LogP) is 5.26. The SMILES string of the molecule is O=C(CCc1cnoc1-c1ccc(Cl)cc1)Nc1ccc(C[P+]2(O)OCCCO2)cc1. The lowest BCUT2D eigenvalue weighted by molar-refractivity contribution is -0.116. The van der Waals surface area contributed by atoms with Gasteiger partial charge >= 0.3 is 7.94 Å². The largest absolute Gasteiger partial charge is 0.413 e. The first kappa shape index (κ1) is 21.9. The predicted molar refractivity (Wildman–Crippen MR) is 120 cm³/mol. The Bertz CT molecular complexity index is 1020. The van der Waals surface area contributed by atoms with Gasteiger partial charge in [0, 0.05) is 34.7 Å². The molecule has 31 heavy (non-hydrogen) atoms. The van der Waals surface area contributed by atoms with Crippen molar-refractivity contribution in [3.63, 3.8) is 0 Å². The number of nitrogens with zero attached hydrogens (tertiary/aromatic N) is 1. The van der Waals surface area contributed by atoms with Gasteiger partial charge in [-0.3, -0.25) is 4.79 Å². The summed E-state index contributed by atoms with van der Waals surface area (Å²) in [5.74, 6) is 0.531. The fourth-order valence-corrected chi connectivity index (χ4v) is 5.16. The molecule has 9 heteroatoms. The molecule has 4 rings (SSSR count). The van der Waals surface area contributed by atoms with Gasteiger partial charge in [-0.2, -0.15) is 13.9 Å². The first-order chi connectivity index (χ1) is 15.0. The Kier molecular flexibility index (Phi) is 7.00. The maximum Gasteiger partial charge on any atom is 0.413 e. The van der Waals surface area contributed by atoms with E-state index < -0.39 is 7.94 Å². The molecule has 2 N–H and O–H groups in total. The van der Waals surface area contributed by atoms with E-state index in [2.05, 4.69) is 10.5 Å². The van der Waals surface area contributed by atoms with Crippen LogP contribution in [-0.4, -0.2) is 29.2 Å². The zero-order valence-electron chi connectivity index (χ0n) is 16.8. The van der Waals surface area contributed by atoms with E-state index in [9.17, 15) is 9.69 Å². The summed E-state index contributed by atoms with van der Waals surface area (Å²) in [6.45, 7) is 1.04. The van der Waals surface area contributed by atoms with Crippen LogP contribution in [0, 0.1) is 0 Å². The Morgan fingerprint density at radius 2 is 1.81 bits per heavy atom. The van der Waals surface area contributed by atoms with Crippen LogP contribution in [0.25, 0.3) is 11.3 Å². The monoisotopic (exact) mass is 461 g/mol. The lowest BCUT2D eigenvalue weighted by atomic mass is 10.1. The summed E-state index contributed by atoms with van der Waals surface area (Å²) in [5, 5.41) is 7.40. The second kappa shape index (κ2) is 9.90. The summed E-state index contributed by atoms with van der Waals surface area (Å²) in [4.78, 5) is 22.8. The molecule has 0 atom stereocenters. The van der Waals surface area contributed by atoms with Crippen LogP contribution >= 0.6 is 19.5 Å². The number of amides is 1. The summed E-state index contributed by atoms with van der Waals surface area (Å²) >= 11 is 5.94. The second-order valence-corrected chi connectivity index (χ2v) is 9.79. The average molecular weight is 462 g/mol. The Labute approximate surface area is 185 Å². The van der Waals surface area contributed by atoms with Gasteiger partial charge in [0.15, 0.2) is 11.9 Å². The highest BCUT2D eigenvalue weighted by Gasteiger charge is 2.43. The molecule has 1 aromatic heterocycles. The van der Waals surface area contributed by atoms with Gasteiger partial charge < -0.3 is 9.84 Å². The highest BCUT2D eigenvalue weighted by atomic mass is 35.5. The number of halogens is 1. The molecule has 3 aromatic rings. The van der Waals surface area contributed by atoms with E-state index in [4.69, 9.17) is 25.2 Å². The van der Waals surface area contributed by atoms with E-state index in [1.165, 1.54) is 0 Å². The lowest BCUT2D eigenvalue weighted by Gasteiger charge is -2.21. The first-order valence-corrected chi connectivity index (χ1v) is 12.1. The fourth-order valence-electron chi connectivity index (χ4n) is 3.28.